The summed E-state index contributed by atoms with van der Waals surface area (Å²) in [5, 5.41) is 3.70. The van der Waals surface area contributed by atoms with Crippen LogP contribution in [0.3, 0.4) is 0 Å². The maximum absolute atomic E-state index is 5.74. The molecule has 0 fully saturated rings. The third-order valence-corrected chi connectivity index (χ3v) is 2.17. The molecule has 2 aromatic heterocycles. The first-order chi connectivity index (χ1) is 7.78. The summed E-state index contributed by atoms with van der Waals surface area (Å²) in [5.41, 5.74) is 0.843. The van der Waals surface area contributed by atoms with Gasteiger partial charge in [0.05, 0.1) is 24.0 Å². The fraction of sp³-hybridized carbons (Fsp3) is 0.0909. The molecule has 0 atom stereocenters. The first-order valence-electron chi connectivity index (χ1n) is 4.66. The normalized spacial score (nSPS) is 9.88. The fourth-order valence-electron chi connectivity index (χ4n) is 1.17. The molecule has 2 aromatic rings. The molecule has 2 heterocycles. The minimum atomic E-state index is 0.578. The van der Waals surface area contributed by atoms with Crippen LogP contribution in [0.5, 0.6) is 5.88 Å². The van der Waals surface area contributed by atoms with Gasteiger partial charge < -0.3 is 10.1 Å². The van der Waals surface area contributed by atoms with Crippen LogP contribution in [0, 0.1) is 0 Å². The van der Waals surface area contributed by atoms with E-state index in [0.29, 0.717) is 10.9 Å². The summed E-state index contributed by atoms with van der Waals surface area (Å²) < 4.78 is 4.96. The monoisotopic (exact) mass is 235 g/mol. The van der Waals surface area contributed by atoms with Gasteiger partial charge in [-0.2, -0.15) is 0 Å². The van der Waals surface area contributed by atoms with Gasteiger partial charge in [0.15, 0.2) is 0 Å². The highest BCUT2D eigenvalue weighted by Gasteiger charge is 1.97. The second-order valence-corrected chi connectivity index (χ2v) is 3.51. The maximum atomic E-state index is 5.74. The van der Waals surface area contributed by atoms with Gasteiger partial charge in [-0.15, -0.1) is 0 Å². The number of hydrogen-bond acceptors (Lipinski definition) is 4. The number of nitrogens with one attached hydrogen (secondary N) is 1. The Balaban J connectivity index is 2.11. The molecule has 0 aliphatic rings. The van der Waals surface area contributed by atoms with E-state index in [9.17, 15) is 0 Å². The number of anilines is 2. The molecule has 0 radical (unpaired) electrons. The maximum Gasteiger partial charge on any atom is 0.213 e. The quantitative estimate of drug-likeness (QED) is 0.889. The van der Waals surface area contributed by atoms with E-state index in [1.54, 1.807) is 37.7 Å². The minimum absolute atomic E-state index is 0.578. The van der Waals surface area contributed by atoms with Crippen molar-refractivity contribution in [2.24, 2.45) is 0 Å². The summed E-state index contributed by atoms with van der Waals surface area (Å²) in [6.07, 6.45) is 3.26. The average molecular weight is 236 g/mol. The summed E-state index contributed by atoms with van der Waals surface area (Å²) in [7, 11) is 1.58. The van der Waals surface area contributed by atoms with E-state index in [0.717, 1.165) is 11.5 Å². The number of methoxy groups -OCH3 is 1. The lowest BCUT2D eigenvalue weighted by atomic mass is 10.4. The lowest BCUT2D eigenvalue weighted by Gasteiger charge is -2.05. The van der Waals surface area contributed by atoms with Crippen LogP contribution in [0.1, 0.15) is 0 Å². The Morgan fingerprint density at radius 1 is 1.12 bits per heavy atom. The van der Waals surface area contributed by atoms with Crippen LogP contribution < -0.4 is 10.1 Å². The predicted octanol–water partition coefficient (Wildman–Crippen LogP) is 2.88. The van der Waals surface area contributed by atoms with Crippen molar-refractivity contribution in [1.29, 1.82) is 0 Å². The molecule has 0 aliphatic carbocycles. The van der Waals surface area contributed by atoms with Crippen molar-refractivity contribution in [1.82, 2.24) is 9.97 Å². The van der Waals surface area contributed by atoms with E-state index < -0.39 is 0 Å². The molecular formula is C11H10ClN3O. The minimum Gasteiger partial charge on any atom is -0.481 e. The van der Waals surface area contributed by atoms with Crippen molar-refractivity contribution >= 4 is 23.1 Å². The smallest absolute Gasteiger partial charge is 0.213 e. The largest absolute Gasteiger partial charge is 0.481 e. The lowest BCUT2D eigenvalue weighted by Crippen LogP contribution is -1.94. The van der Waals surface area contributed by atoms with Crippen LogP contribution in [0.4, 0.5) is 11.5 Å². The Labute approximate surface area is 98.3 Å². The van der Waals surface area contributed by atoms with Crippen LogP contribution in [0.15, 0.2) is 36.7 Å². The Morgan fingerprint density at radius 3 is 2.56 bits per heavy atom. The van der Waals surface area contributed by atoms with Gasteiger partial charge in [-0.05, 0) is 18.2 Å². The van der Waals surface area contributed by atoms with Gasteiger partial charge >= 0.3 is 0 Å². The van der Waals surface area contributed by atoms with Crippen molar-refractivity contribution in [3.8, 4) is 5.88 Å². The number of halogens is 1. The molecular weight excluding hydrogens is 226 g/mol. The summed E-state index contributed by atoms with van der Waals surface area (Å²) in [5.74, 6) is 1.30. The highest BCUT2D eigenvalue weighted by Crippen LogP contribution is 2.17. The molecule has 0 aliphatic heterocycles. The lowest BCUT2D eigenvalue weighted by molar-refractivity contribution is 0.398. The van der Waals surface area contributed by atoms with Gasteiger partial charge in [0, 0.05) is 12.3 Å². The molecule has 0 saturated heterocycles. The molecule has 0 saturated carbocycles. The first kappa shape index (κ1) is 10.7. The summed E-state index contributed by atoms with van der Waals surface area (Å²) in [6.45, 7) is 0. The standard InChI is InChI=1S/C11H10ClN3O/c1-16-11-5-3-9(7-14-11)15-10-4-2-8(12)6-13-10/h2-7H,1H3,(H,13,15). The average Bonchev–Trinajstić information content (AvgIpc) is 2.33. The number of aromatic nitrogens is 2. The number of nitrogens with zero attached hydrogens (tertiary/aromatic N) is 2. The fourth-order valence-corrected chi connectivity index (χ4v) is 1.28. The Kier molecular flexibility index (Phi) is 3.22. The second kappa shape index (κ2) is 4.81. The molecule has 4 nitrogen and oxygen atoms in total. The molecule has 2 rings (SSSR count). The molecule has 0 bridgehead atoms. The van der Waals surface area contributed by atoms with Crippen LogP contribution in [0.2, 0.25) is 5.02 Å². The molecule has 0 amide bonds. The van der Waals surface area contributed by atoms with Crippen molar-refractivity contribution in [3.05, 3.63) is 41.7 Å². The third kappa shape index (κ3) is 2.61. The van der Waals surface area contributed by atoms with E-state index in [2.05, 4.69) is 15.3 Å². The molecule has 0 unspecified atom stereocenters. The van der Waals surface area contributed by atoms with Crippen molar-refractivity contribution in [2.75, 3.05) is 12.4 Å². The van der Waals surface area contributed by atoms with Crippen molar-refractivity contribution in [2.45, 2.75) is 0 Å². The second-order valence-electron chi connectivity index (χ2n) is 3.08. The summed E-state index contributed by atoms with van der Waals surface area (Å²) in [6, 6.07) is 7.21. The zero-order valence-corrected chi connectivity index (χ0v) is 9.40. The van der Waals surface area contributed by atoms with Gasteiger partial charge in [-0.1, -0.05) is 11.6 Å². The highest BCUT2D eigenvalue weighted by molar-refractivity contribution is 6.30. The molecule has 0 aromatic carbocycles. The third-order valence-electron chi connectivity index (χ3n) is 1.95. The zero-order chi connectivity index (χ0) is 11.4. The SMILES string of the molecule is COc1ccc(Nc2ccc(Cl)cn2)cn1. The topological polar surface area (TPSA) is 47.0 Å². The van der Waals surface area contributed by atoms with Crippen LogP contribution >= 0.6 is 11.6 Å². The number of hydrogen-bond donors (Lipinski definition) is 1. The van der Waals surface area contributed by atoms with E-state index in [1.165, 1.54) is 0 Å². The van der Waals surface area contributed by atoms with Crippen LogP contribution in [-0.4, -0.2) is 17.1 Å². The molecule has 16 heavy (non-hydrogen) atoms. The number of pyridine rings is 2. The van der Waals surface area contributed by atoms with E-state index in [4.69, 9.17) is 16.3 Å². The summed E-state index contributed by atoms with van der Waals surface area (Å²) in [4.78, 5) is 8.19. The Morgan fingerprint density at radius 2 is 2.00 bits per heavy atom. The Bertz CT molecular complexity index is 456. The van der Waals surface area contributed by atoms with Gasteiger partial charge in [0.2, 0.25) is 5.88 Å². The van der Waals surface area contributed by atoms with Gasteiger partial charge in [0.25, 0.3) is 0 Å². The number of ether oxygens (including phenoxy) is 1. The molecule has 1 N–H and O–H groups in total. The van der Waals surface area contributed by atoms with Crippen molar-refractivity contribution < 1.29 is 4.74 Å². The van der Waals surface area contributed by atoms with Crippen molar-refractivity contribution in [3.63, 3.8) is 0 Å². The van der Waals surface area contributed by atoms with E-state index in [1.807, 2.05) is 6.07 Å². The van der Waals surface area contributed by atoms with Crippen LogP contribution in [0.25, 0.3) is 0 Å². The summed E-state index contributed by atoms with van der Waals surface area (Å²) >= 11 is 5.74. The first-order valence-corrected chi connectivity index (χ1v) is 5.04. The van der Waals surface area contributed by atoms with E-state index >= 15 is 0 Å². The molecule has 5 heteroatoms. The van der Waals surface area contributed by atoms with Gasteiger partial charge in [0.1, 0.15) is 5.82 Å². The molecule has 0 spiro atoms. The van der Waals surface area contributed by atoms with Crippen LogP contribution in [-0.2, 0) is 0 Å². The highest BCUT2D eigenvalue weighted by atomic mass is 35.5. The van der Waals surface area contributed by atoms with Gasteiger partial charge in [-0.25, -0.2) is 9.97 Å². The predicted molar refractivity (Wildman–Crippen MR) is 63.3 cm³/mol. The molecule has 82 valence electrons. The number of rotatable bonds is 3. The van der Waals surface area contributed by atoms with Gasteiger partial charge in [-0.3, -0.25) is 0 Å². The van der Waals surface area contributed by atoms with E-state index in [-0.39, 0.29) is 0 Å². The Hall–Kier alpha value is -1.81. The zero-order valence-electron chi connectivity index (χ0n) is 8.64.